The minimum Gasteiger partial charge on any atom is -0.355 e. The normalized spacial score (nSPS) is 10.2. The Labute approximate surface area is 142 Å². The Balaban J connectivity index is 1.75. The van der Waals surface area contributed by atoms with Crippen molar-refractivity contribution in [2.75, 3.05) is 11.9 Å². The van der Waals surface area contributed by atoms with Gasteiger partial charge in [0.2, 0.25) is 11.8 Å². The van der Waals surface area contributed by atoms with Crippen LogP contribution in [0, 0.1) is 5.82 Å². The number of amides is 2. The summed E-state index contributed by atoms with van der Waals surface area (Å²) in [6, 6.07) is 13.5. The van der Waals surface area contributed by atoms with Crippen LogP contribution < -0.4 is 10.6 Å². The van der Waals surface area contributed by atoms with Crippen LogP contribution in [-0.2, 0) is 16.0 Å². The summed E-state index contributed by atoms with van der Waals surface area (Å²) >= 11 is 3.31. The quantitative estimate of drug-likeness (QED) is 0.757. The highest BCUT2D eigenvalue weighted by atomic mass is 79.9. The van der Waals surface area contributed by atoms with Gasteiger partial charge in [-0.3, -0.25) is 9.59 Å². The van der Waals surface area contributed by atoms with Crippen molar-refractivity contribution in [3.63, 3.8) is 0 Å². The molecule has 0 aromatic heterocycles. The van der Waals surface area contributed by atoms with E-state index in [9.17, 15) is 14.0 Å². The number of nitrogens with one attached hydrogen (secondary N) is 2. The molecule has 6 heteroatoms. The predicted octanol–water partition coefficient (Wildman–Crippen LogP) is 3.28. The number of anilines is 1. The molecular weight excluding hydrogens is 363 g/mol. The van der Waals surface area contributed by atoms with Crippen LogP contribution in [0.15, 0.2) is 53.0 Å². The maximum absolute atomic E-state index is 13.4. The Morgan fingerprint density at radius 2 is 1.70 bits per heavy atom. The lowest BCUT2D eigenvalue weighted by atomic mass is 10.1. The van der Waals surface area contributed by atoms with Gasteiger partial charge in [0.05, 0.1) is 5.69 Å². The second kappa shape index (κ2) is 8.43. The van der Waals surface area contributed by atoms with E-state index >= 15 is 0 Å². The van der Waals surface area contributed by atoms with Gasteiger partial charge in [0, 0.05) is 11.0 Å². The predicted molar refractivity (Wildman–Crippen MR) is 90.5 cm³/mol. The van der Waals surface area contributed by atoms with E-state index in [1.54, 1.807) is 36.4 Å². The van der Waals surface area contributed by atoms with Gasteiger partial charge in [0.1, 0.15) is 12.2 Å². The molecule has 2 aromatic carbocycles. The molecule has 0 heterocycles. The van der Waals surface area contributed by atoms with Crippen LogP contribution >= 0.6 is 15.9 Å². The van der Waals surface area contributed by atoms with Crippen molar-refractivity contribution in [3.8, 4) is 0 Å². The molecule has 120 valence electrons. The minimum atomic E-state index is -0.403. The van der Waals surface area contributed by atoms with Crippen LogP contribution in [0.2, 0.25) is 0 Å². The average Bonchev–Trinajstić information content (AvgIpc) is 2.51. The maximum Gasteiger partial charge on any atom is 0.233 e. The van der Waals surface area contributed by atoms with Gasteiger partial charge in [0.25, 0.3) is 0 Å². The summed E-state index contributed by atoms with van der Waals surface area (Å²) < 4.78 is 14.2. The Kier molecular flexibility index (Phi) is 6.29. The van der Waals surface area contributed by atoms with Gasteiger partial charge < -0.3 is 10.6 Å². The van der Waals surface area contributed by atoms with E-state index in [2.05, 4.69) is 26.6 Å². The zero-order valence-electron chi connectivity index (χ0n) is 12.3. The average molecular weight is 379 g/mol. The molecule has 0 saturated carbocycles. The van der Waals surface area contributed by atoms with Crippen LogP contribution in [0.4, 0.5) is 10.1 Å². The molecule has 2 amide bonds. The summed E-state index contributed by atoms with van der Waals surface area (Å²) in [5, 5.41) is 5.26. The van der Waals surface area contributed by atoms with Crippen LogP contribution in [0.5, 0.6) is 0 Å². The van der Waals surface area contributed by atoms with Crippen molar-refractivity contribution in [3.05, 3.63) is 64.4 Å². The van der Waals surface area contributed by atoms with Gasteiger partial charge >= 0.3 is 0 Å². The fourth-order valence-electron chi connectivity index (χ4n) is 2.00. The third-order valence-corrected chi connectivity index (χ3v) is 3.83. The van der Waals surface area contributed by atoms with Gasteiger partial charge in [-0.1, -0.05) is 30.3 Å². The lowest BCUT2D eigenvalue weighted by Crippen LogP contribution is -2.29. The third-order valence-electron chi connectivity index (χ3n) is 3.14. The summed E-state index contributed by atoms with van der Waals surface area (Å²) in [4.78, 5) is 23.5. The molecule has 0 saturated heterocycles. The zero-order valence-corrected chi connectivity index (χ0v) is 13.9. The van der Waals surface area contributed by atoms with E-state index in [1.807, 2.05) is 6.07 Å². The molecule has 2 N–H and O–H groups in total. The number of rotatable bonds is 6. The topological polar surface area (TPSA) is 58.2 Å². The first kappa shape index (κ1) is 17.1. The smallest absolute Gasteiger partial charge is 0.233 e. The maximum atomic E-state index is 13.4. The van der Waals surface area contributed by atoms with Crippen LogP contribution in [0.25, 0.3) is 0 Å². The first-order valence-electron chi connectivity index (χ1n) is 7.11. The van der Waals surface area contributed by atoms with Crippen molar-refractivity contribution >= 4 is 33.4 Å². The molecule has 0 aliphatic carbocycles. The van der Waals surface area contributed by atoms with E-state index in [4.69, 9.17) is 0 Å². The molecule has 2 aromatic rings. The molecule has 2 rings (SSSR count). The number of benzene rings is 2. The minimum absolute atomic E-state index is 0.279. The molecule has 0 radical (unpaired) electrons. The second-order valence-electron chi connectivity index (χ2n) is 4.90. The van der Waals surface area contributed by atoms with E-state index in [0.717, 1.165) is 4.47 Å². The van der Waals surface area contributed by atoms with Crippen LogP contribution in [0.1, 0.15) is 12.0 Å². The molecule has 23 heavy (non-hydrogen) atoms. The SMILES string of the molecule is O=C(CC(=O)Nc1ccccc1Br)NCCc1ccccc1F. The Morgan fingerprint density at radius 3 is 2.43 bits per heavy atom. The first-order chi connectivity index (χ1) is 11.1. The third kappa shape index (κ3) is 5.49. The highest BCUT2D eigenvalue weighted by Crippen LogP contribution is 2.21. The summed E-state index contributed by atoms with van der Waals surface area (Å²) in [5.74, 6) is -1.10. The van der Waals surface area contributed by atoms with E-state index < -0.39 is 11.8 Å². The van der Waals surface area contributed by atoms with Gasteiger partial charge in [0.15, 0.2) is 0 Å². The van der Waals surface area contributed by atoms with Gasteiger partial charge in [-0.25, -0.2) is 4.39 Å². The molecule has 0 aliphatic rings. The molecule has 0 aliphatic heterocycles. The molecule has 0 atom stereocenters. The largest absolute Gasteiger partial charge is 0.355 e. The van der Waals surface area contributed by atoms with Gasteiger partial charge in [-0.15, -0.1) is 0 Å². The Hall–Kier alpha value is -2.21. The van der Waals surface area contributed by atoms with E-state index in [0.29, 0.717) is 17.7 Å². The monoisotopic (exact) mass is 378 g/mol. The van der Waals surface area contributed by atoms with Crippen molar-refractivity contribution in [1.82, 2.24) is 5.32 Å². The van der Waals surface area contributed by atoms with Crippen molar-refractivity contribution < 1.29 is 14.0 Å². The number of para-hydroxylation sites is 1. The molecular formula is C17H16BrFN2O2. The summed E-state index contributed by atoms with van der Waals surface area (Å²) in [6.07, 6.45) is 0.100. The Bertz CT molecular complexity index is 706. The van der Waals surface area contributed by atoms with Crippen molar-refractivity contribution in [2.45, 2.75) is 12.8 Å². The fourth-order valence-corrected chi connectivity index (χ4v) is 2.39. The highest BCUT2D eigenvalue weighted by Gasteiger charge is 2.11. The molecule has 0 spiro atoms. The lowest BCUT2D eigenvalue weighted by molar-refractivity contribution is -0.126. The number of hydrogen-bond acceptors (Lipinski definition) is 2. The fraction of sp³-hybridized carbons (Fsp3) is 0.176. The number of carbonyl (C=O) groups is 2. The highest BCUT2D eigenvalue weighted by molar-refractivity contribution is 9.10. The second-order valence-corrected chi connectivity index (χ2v) is 5.75. The zero-order chi connectivity index (χ0) is 16.7. The summed E-state index contributed by atoms with van der Waals surface area (Å²) in [5.41, 5.74) is 1.14. The molecule has 4 nitrogen and oxygen atoms in total. The summed E-state index contributed by atoms with van der Waals surface area (Å²) in [6.45, 7) is 0.280. The summed E-state index contributed by atoms with van der Waals surface area (Å²) in [7, 11) is 0. The van der Waals surface area contributed by atoms with Crippen molar-refractivity contribution in [2.24, 2.45) is 0 Å². The standard InChI is InChI=1S/C17H16BrFN2O2/c18-13-6-2-4-8-15(13)21-17(23)11-16(22)20-10-9-12-5-1-3-7-14(12)19/h1-8H,9-11H2,(H,20,22)(H,21,23). The van der Waals surface area contributed by atoms with Gasteiger partial charge in [-0.2, -0.15) is 0 Å². The lowest BCUT2D eigenvalue weighted by Gasteiger charge is -2.08. The van der Waals surface area contributed by atoms with Gasteiger partial charge in [-0.05, 0) is 46.1 Å². The van der Waals surface area contributed by atoms with E-state index in [1.165, 1.54) is 6.07 Å². The molecule has 0 unspecified atom stereocenters. The van der Waals surface area contributed by atoms with Crippen LogP contribution in [-0.4, -0.2) is 18.4 Å². The van der Waals surface area contributed by atoms with Crippen LogP contribution in [0.3, 0.4) is 0 Å². The molecule has 0 fully saturated rings. The first-order valence-corrected chi connectivity index (χ1v) is 7.90. The van der Waals surface area contributed by atoms with E-state index in [-0.39, 0.29) is 18.8 Å². The number of carbonyl (C=O) groups excluding carboxylic acids is 2. The number of hydrogen-bond donors (Lipinski definition) is 2. The Morgan fingerprint density at radius 1 is 1.00 bits per heavy atom. The van der Waals surface area contributed by atoms with Crippen molar-refractivity contribution in [1.29, 1.82) is 0 Å². The number of halogens is 2. The molecule has 0 bridgehead atoms.